The summed E-state index contributed by atoms with van der Waals surface area (Å²) in [5.41, 5.74) is 5.11. The van der Waals surface area contributed by atoms with Gasteiger partial charge in [-0.15, -0.1) is 11.3 Å². The van der Waals surface area contributed by atoms with Crippen LogP contribution in [0.2, 0.25) is 0 Å². The highest BCUT2D eigenvalue weighted by atomic mass is 32.1. The minimum absolute atomic E-state index is 0.0285. The van der Waals surface area contributed by atoms with Crippen molar-refractivity contribution in [3.05, 3.63) is 51.2 Å². The predicted molar refractivity (Wildman–Crippen MR) is 76.0 cm³/mol. The van der Waals surface area contributed by atoms with Crippen LogP contribution in [0.4, 0.5) is 0 Å². The van der Waals surface area contributed by atoms with Crippen LogP contribution in [0.25, 0.3) is 0 Å². The Bertz CT molecular complexity index is 536. The van der Waals surface area contributed by atoms with Gasteiger partial charge in [-0.05, 0) is 37.6 Å². The van der Waals surface area contributed by atoms with E-state index < -0.39 is 0 Å². The minimum Gasteiger partial charge on any atom is -0.496 e. The molecule has 18 heavy (non-hydrogen) atoms. The van der Waals surface area contributed by atoms with E-state index in [1.165, 1.54) is 15.3 Å². The Labute approximate surface area is 112 Å². The molecule has 3 nitrogen and oxygen atoms in total. The molecule has 96 valence electrons. The van der Waals surface area contributed by atoms with Crippen LogP contribution in [0.5, 0.6) is 5.75 Å². The smallest absolute Gasteiger partial charge is 0.124 e. The lowest BCUT2D eigenvalue weighted by molar-refractivity contribution is 0.404. The maximum atomic E-state index is 5.71. The fourth-order valence-electron chi connectivity index (χ4n) is 1.99. The number of ether oxygens (including phenoxy) is 1. The fraction of sp³-hybridized carbons (Fsp3) is 0.286. The summed E-state index contributed by atoms with van der Waals surface area (Å²) in [4.78, 5) is 2.47. The molecule has 0 radical (unpaired) electrons. The zero-order valence-electron chi connectivity index (χ0n) is 10.9. The van der Waals surface area contributed by atoms with E-state index in [4.69, 9.17) is 10.6 Å². The molecule has 1 atom stereocenters. The zero-order chi connectivity index (χ0) is 13.1. The SMILES string of the molecule is COc1cc(C)ccc1C(NN)c1ccc(C)s1. The van der Waals surface area contributed by atoms with Crippen molar-refractivity contribution in [2.75, 3.05) is 7.11 Å². The first-order valence-corrected chi connectivity index (χ1v) is 6.64. The Balaban J connectivity index is 2.44. The molecule has 0 bridgehead atoms. The Kier molecular flexibility index (Phi) is 4.01. The molecule has 0 saturated heterocycles. The van der Waals surface area contributed by atoms with Crippen molar-refractivity contribution in [3.63, 3.8) is 0 Å². The van der Waals surface area contributed by atoms with Crippen molar-refractivity contribution in [3.8, 4) is 5.75 Å². The van der Waals surface area contributed by atoms with Crippen LogP contribution >= 0.6 is 11.3 Å². The number of hydrogen-bond acceptors (Lipinski definition) is 4. The Hall–Kier alpha value is -1.36. The lowest BCUT2D eigenvalue weighted by Gasteiger charge is -2.18. The van der Waals surface area contributed by atoms with Gasteiger partial charge in [0.25, 0.3) is 0 Å². The van der Waals surface area contributed by atoms with Gasteiger partial charge in [-0.1, -0.05) is 12.1 Å². The molecule has 4 heteroatoms. The molecule has 0 aliphatic carbocycles. The van der Waals surface area contributed by atoms with Gasteiger partial charge in [-0.25, -0.2) is 5.43 Å². The third-order valence-corrected chi connectivity index (χ3v) is 3.98. The number of aryl methyl sites for hydroxylation is 2. The first kappa shape index (κ1) is 13.1. The standard InChI is InChI=1S/C14H18N2OS/c1-9-4-6-11(12(8-9)17-3)14(16-15)13-7-5-10(2)18-13/h4-8,14,16H,15H2,1-3H3. The highest BCUT2D eigenvalue weighted by molar-refractivity contribution is 7.12. The molecule has 1 heterocycles. The summed E-state index contributed by atoms with van der Waals surface area (Å²) < 4.78 is 5.45. The molecule has 0 amide bonds. The number of methoxy groups -OCH3 is 1. The number of thiophene rings is 1. The molecule has 1 aromatic carbocycles. The van der Waals surface area contributed by atoms with E-state index >= 15 is 0 Å². The molecule has 2 aromatic rings. The van der Waals surface area contributed by atoms with E-state index in [1.807, 2.05) is 13.0 Å². The molecule has 0 fully saturated rings. The molecule has 2 rings (SSSR count). The quantitative estimate of drug-likeness (QED) is 0.658. The average Bonchev–Trinajstić information content (AvgIpc) is 2.78. The first-order chi connectivity index (χ1) is 8.65. The lowest BCUT2D eigenvalue weighted by Crippen LogP contribution is -2.28. The number of nitrogens with two attached hydrogens (primary N) is 1. The normalized spacial score (nSPS) is 12.4. The van der Waals surface area contributed by atoms with Crippen LogP contribution in [0.1, 0.15) is 26.9 Å². The summed E-state index contributed by atoms with van der Waals surface area (Å²) >= 11 is 1.74. The monoisotopic (exact) mass is 262 g/mol. The molecule has 0 aliphatic heterocycles. The van der Waals surface area contributed by atoms with Gasteiger partial charge in [0.2, 0.25) is 0 Å². The van der Waals surface area contributed by atoms with Crippen molar-refractivity contribution in [2.24, 2.45) is 5.84 Å². The van der Waals surface area contributed by atoms with Crippen molar-refractivity contribution in [2.45, 2.75) is 19.9 Å². The molecule has 0 spiro atoms. The van der Waals surface area contributed by atoms with Crippen molar-refractivity contribution < 1.29 is 4.74 Å². The van der Waals surface area contributed by atoms with Gasteiger partial charge in [0.15, 0.2) is 0 Å². The second-order valence-electron chi connectivity index (χ2n) is 4.29. The Morgan fingerprint density at radius 2 is 2.00 bits per heavy atom. The van der Waals surface area contributed by atoms with E-state index in [2.05, 4.69) is 36.6 Å². The van der Waals surface area contributed by atoms with Crippen LogP contribution in [-0.2, 0) is 0 Å². The molecule has 1 unspecified atom stereocenters. The summed E-state index contributed by atoms with van der Waals surface area (Å²) in [7, 11) is 1.69. The van der Waals surface area contributed by atoms with Gasteiger partial charge in [0.05, 0.1) is 13.2 Å². The molecule has 1 aromatic heterocycles. The molecule has 0 aliphatic rings. The highest BCUT2D eigenvalue weighted by Crippen LogP contribution is 2.33. The van der Waals surface area contributed by atoms with Crippen molar-refractivity contribution >= 4 is 11.3 Å². The van der Waals surface area contributed by atoms with E-state index in [-0.39, 0.29) is 6.04 Å². The number of nitrogens with one attached hydrogen (secondary N) is 1. The summed E-state index contributed by atoms with van der Waals surface area (Å²) in [6.45, 7) is 4.14. The van der Waals surface area contributed by atoms with Crippen LogP contribution < -0.4 is 16.0 Å². The van der Waals surface area contributed by atoms with Crippen molar-refractivity contribution in [1.29, 1.82) is 0 Å². The van der Waals surface area contributed by atoms with E-state index in [1.54, 1.807) is 18.4 Å². The molecular weight excluding hydrogens is 244 g/mol. The number of benzene rings is 1. The second-order valence-corrected chi connectivity index (χ2v) is 5.61. The summed E-state index contributed by atoms with van der Waals surface area (Å²) in [5.74, 6) is 6.57. The van der Waals surface area contributed by atoms with E-state index in [9.17, 15) is 0 Å². The second kappa shape index (κ2) is 5.52. The zero-order valence-corrected chi connectivity index (χ0v) is 11.7. The van der Waals surface area contributed by atoms with Gasteiger partial charge < -0.3 is 4.74 Å². The average molecular weight is 262 g/mol. The third-order valence-electron chi connectivity index (χ3n) is 2.91. The van der Waals surface area contributed by atoms with Crippen molar-refractivity contribution in [1.82, 2.24) is 5.43 Å². The first-order valence-electron chi connectivity index (χ1n) is 5.82. The largest absolute Gasteiger partial charge is 0.496 e. The molecular formula is C14H18N2OS. The maximum Gasteiger partial charge on any atom is 0.124 e. The minimum atomic E-state index is -0.0285. The van der Waals surface area contributed by atoms with Crippen LogP contribution in [0.3, 0.4) is 0 Å². The van der Waals surface area contributed by atoms with Gasteiger partial charge in [0, 0.05) is 15.3 Å². The topological polar surface area (TPSA) is 47.3 Å². The molecule has 3 N–H and O–H groups in total. The van der Waals surface area contributed by atoms with Crippen LogP contribution in [0, 0.1) is 13.8 Å². The summed E-state index contributed by atoms with van der Waals surface area (Å²) in [6.07, 6.45) is 0. The van der Waals surface area contributed by atoms with Crippen LogP contribution in [-0.4, -0.2) is 7.11 Å². The summed E-state index contributed by atoms with van der Waals surface area (Å²) in [5, 5.41) is 0. The number of hydrazine groups is 1. The van der Waals surface area contributed by atoms with Crippen LogP contribution in [0.15, 0.2) is 30.3 Å². The Morgan fingerprint density at radius 3 is 2.56 bits per heavy atom. The summed E-state index contributed by atoms with van der Waals surface area (Å²) in [6, 6.07) is 10.3. The highest BCUT2D eigenvalue weighted by Gasteiger charge is 2.18. The van der Waals surface area contributed by atoms with Gasteiger partial charge in [0.1, 0.15) is 5.75 Å². The number of rotatable bonds is 4. The maximum absolute atomic E-state index is 5.71. The number of hydrogen-bond donors (Lipinski definition) is 2. The van der Waals surface area contributed by atoms with E-state index in [0.29, 0.717) is 0 Å². The molecule has 0 saturated carbocycles. The Morgan fingerprint density at radius 1 is 1.22 bits per heavy atom. The van der Waals surface area contributed by atoms with Gasteiger partial charge >= 0.3 is 0 Å². The lowest BCUT2D eigenvalue weighted by atomic mass is 10.0. The predicted octanol–water partition coefficient (Wildman–Crippen LogP) is 2.93. The van der Waals surface area contributed by atoms with E-state index in [0.717, 1.165) is 11.3 Å². The van der Waals surface area contributed by atoms with Gasteiger partial charge in [-0.2, -0.15) is 0 Å². The van der Waals surface area contributed by atoms with Gasteiger partial charge in [-0.3, -0.25) is 5.84 Å². The fourth-order valence-corrected chi connectivity index (χ4v) is 2.95. The third kappa shape index (κ3) is 2.56.